The van der Waals surface area contributed by atoms with E-state index in [9.17, 15) is 4.79 Å². The van der Waals surface area contributed by atoms with Crippen LogP contribution in [0.2, 0.25) is 0 Å². The average Bonchev–Trinajstić information content (AvgIpc) is 2.83. The molecule has 0 saturated carbocycles. The summed E-state index contributed by atoms with van der Waals surface area (Å²) in [5, 5.41) is -0.552. The highest BCUT2D eigenvalue weighted by atomic mass is 35.5. The number of carbonyl (C=O) groups excluding carboxylic acids is 1. The van der Waals surface area contributed by atoms with Gasteiger partial charge in [-0.15, -0.1) is 11.6 Å². The Morgan fingerprint density at radius 3 is 2.70 bits per heavy atom. The normalized spacial score (nSPS) is 25.1. The Kier molecular flexibility index (Phi) is 4.27. The van der Waals surface area contributed by atoms with Crippen LogP contribution in [0.3, 0.4) is 0 Å². The van der Waals surface area contributed by atoms with Gasteiger partial charge in [0.25, 0.3) is 0 Å². The zero-order chi connectivity index (χ0) is 13.9. The molecular formula is C16H21ClN2O. The molecule has 0 spiro atoms. The Morgan fingerprint density at radius 2 is 1.90 bits per heavy atom. The highest BCUT2D eigenvalue weighted by Gasteiger charge is 2.32. The molecule has 3 nitrogen and oxygen atoms in total. The van der Waals surface area contributed by atoms with Crippen LogP contribution in [-0.2, 0) is 4.79 Å². The largest absolute Gasteiger partial charge is 0.340 e. The third kappa shape index (κ3) is 2.84. The van der Waals surface area contributed by atoms with E-state index in [1.54, 1.807) is 0 Å². The van der Waals surface area contributed by atoms with Crippen LogP contribution in [-0.4, -0.2) is 47.9 Å². The van der Waals surface area contributed by atoms with Crippen molar-refractivity contribution in [3.63, 3.8) is 0 Å². The molecule has 2 heterocycles. The lowest BCUT2D eigenvalue weighted by atomic mass is 10.1. The van der Waals surface area contributed by atoms with Crippen LogP contribution < -0.4 is 0 Å². The molecule has 4 heteroatoms. The van der Waals surface area contributed by atoms with Crippen molar-refractivity contribution in [3.05, 3.63) is 35.9 Å². The van der Waals surface area contributed by atoms with Gasteiger partial charge in [0.05, 0.1) is 0 Å². The van der Waals surface area contributed by atoms with Crippen molar-refractivity contribution in [1.82, 2.24) is 9.80 Å². The van der Waals surface area contributed by atoms with Gasteiger partial charge in [0.2, 0.25) is 5.91 Å². The second-order valence-electron chi connectivity index (χ2n) is 5.74. The lowest BCUT2D eigenvalue weighted by molar-refractivity contribution is -0.131. The predicted octanol–water partition coefficient (Wildman–Crippen LogP) is 2.66. The summed E-state index contributed by atoms with van der Waals surface area (Å²) in [5.41, 5.74) is 0.895. The van der Waals surface area contributed by atoms with Gasteiger partial charge in [0.1, 0.15) is 5.38 Å². The highest BCUT2D eigenvalue weighted by Crippen LogP contribution is 2.26. The number of fused-ring (bicyclic) bond motifs is 1. The molecule has 2 fully saturated rings. The van der Waals surface area contributed by atoms with Crippen molar-refractivity contribution in [1.29, 1.82) is 0 Å². The fourth-order valence-corrected chi connectivity index (χ4v) is 3.62. The van der Waals surface area contributed by atoms with Crippen LogP contribution in [0.25, 0.3) is 0 Å². The predicted molar refractivity (Wildman–Crippen MR) is 80.8 cm³/mol. The minimum atomic E-state index is -0.552. The van der Waals surface area contributed by atoms with E-state index in [2.05, 4.69) is 4.90 Å². The summed E-state index contributed by atoms with van der Waals surface area (Å²) in [4.78, 5) is 17.1. The lowest BCUT2D eigenvalue weighted by Gasteiger charge is -2.27. The number of carbonyl (C=O) groups is 1. The van der Waals surface area contributed by atoms with Crippen LogP contribution in [0.4, 0.5) is 0 Å². The summed E-state index contributed by atoms with van der Waals surface area (Å²) in [6, 6.07) is 10.2. The summed E-state index contributed by atoms with van der Waals surface area (Å²) >= 11 is 6.38. The first kappa shape index (κ1) is 13.9. The van der Waals surface area contributed by atoms with Gasteiger partial charge in [0.15, 0.2) is 0 Å². The summed E-state index contributed by atoms with van der Waals surface area (Å²) in [6.07, 6.45) is 3.53. The number of benzene rings is 1. The SMILES string of the molecule is O=C(C(Cl)c1ccccc1)N1CCCN2CCCC2C1. The third-order valence-electron chi connectivity index (χ3n) is 4.42. The van der Waals surface area contributed by atoms with Gasteiger partial charge in [0, 0.05) is 25.7 Å². The molecule has 0 N–H and O–H groups in total. The molecule has 20 heavy (non-hydrogen) atoms. The van der Waals surface area contributed by atoms with E-state index in [0.29, 0.717) is 6.04 Å². The first-order valence-electron chi connectivity index (χ1n) is 7.47. The van der Waals surface area contributed by atoms with E-state index in [1.807, 2.05) is 35.2 Å². The van der Waals surface area contributed by atoms with Crippen molar-refractivity contribution < 1.29 is 4.79 Å². The van der Waals surface area contributed by atoms with Crippen molar-refractivity contribution in [2.24, 2.45) is 0 Å². The summed E-state index contributed by atoms with van der Waals surface area (Å²) < 4.78 is 0. The van der Waals surface area contributed by atoms with E-state index >= 15 is 0 Å². The van der Waals surface area contributed by atoms with Gasteiger partial charge in [-0.1, -0.05) is 30.3 Å². The van der Waals surface area contributed by atoms with Crippen molar-refractivity contribution in [2.75, 3.05) is 26.2 Å². The zero-order valence-corrected chi connectivity index (χ0v) is 12.4. The minimum absolute atomic E-state index is 0.0617. The Morgan fingerprint density at radius 1 is 1.15 bits per heavy atom. The van der Waals surface area contributed by atoms with Crippen LogP contribution in [0, 0.1) is 0 Å². The standard InChI is InChI=1S/C16H21ClN2O/c17-15(13-6-2-1-3-7-13)16(20)19-11-5-10-18-9-4-8-14(18)12-19/h1-3,6-7,14-15H,4-5,8-12H2. The topological polar surface area (TPSA) is 23.6 Å². The Balaban J connectivity index is 1.70. The molecule has 1 amide bonds. The van der Waals surface area contributed by atoms with Gasteiger partial charge >= 0.3 is 0 Å². The smallest absolute Gasteiger partial charge is 0.245 e. The van der Waals surface area contributed by atoms with Crippen molar-refractivity contribution in [3.8, 4) is 0 Å². The van der Waals surface area contributed by atoms with E-state index < -0.39 is 5.38 Å². The Bertz CT molecular complexity index is 465. The van der Waals surface area contributed by atoms with Crippen molar-refractivity contribution >= 4 is 17.5 Å². The molecule has 0 aromatic heterocycles. The third-order valence-corrected chi connectivity index (χ3v) is 4.86. The molecule has 1 aromatic rings. The molecular weight excluding hydrogens is 272 g/mol. The number of hydrogen-bond donors (Lipinski definition) is 0. The first-order valence-corrected chi connectivity index (χ1v) is 7.91. The number of halogens is 1. The molecule has 0 bridgehead atoms. The van der Waals surface area contributed by atoms with Gasteiger partial charge in [-0.2, -0.15) is 0 Å². The zero-order valence-electron chi connectivity index (χ0n) is 11.7. The van der Waals surface area contributed by atoms with E-state index in [1.165, 1.54) is 19.4 Å². The molecule has 2 unspecified atom stereocenters. The van der Waals surface area contributed by atoms with Gasteiger partial charge in [-0.3, -0.25) is 9.69 Å². The maximum absolute atomic E-state index is 12.6. The fourth-order valence-electron chi connectivity index (χ4n) is 3.33. The van der Waals surface area contributed by atoms with Crippen LogP contribution >= 0.6 is 11.6 Å². The second-order valence-corrected chi connectivity index (χ2v) is 6.18. The Labute approximate surface area is 125 Å². The molecule has 1 aromatic carbocycles. The van der Waals surface area contributed by atoms with Crippen LogP contribution in [0.5, 0.6) is 0 Å². The van der Waals surface area contributed by atoms with E-state index in [0.717, 1.165) is 31.6 Å². The maximum atomic E-state index is 12.6. The summed E-state index contributed by atoms with van der Waals surface area (Å²) in [5.74, 6) is 0.0617. The van der Waals surface area contributed by atoms with Crippen LogP contribution in [0.15, 0.2) is 30.3 Å². The lowest BCUT2D eigenvalue weighted by Crippen LogP contribution is -2.40. The fraction of sp³-hybridized carbons (Fsp3) is 0.562. The molecule has 3 rings (SSSR count). The number of alkyl halides is 1. The molecule has 2 atom stereocenters. The molecule has 2 saturated heterocycles. The van der Waals surface area contributed by atoms with Crippen molar-refractivity contribution in [2.45, 2.75) is 30.7 Å². The highest BCUT2D eigenvalue weighted by molar-refractivity contribution is 6.30. The maximum Gasteiger partial charge on any atom is 0.245 e. The number of amides is 1. The van der Waals surface area contributed by atoms with Crippen LogP contribution in [0.1, 0.15) is 30.2 Å². The molecule has 0 radical (unpaired) electrons. The van der Waals surface area contributed by atoms with E-state index in [-0.39, 0.29) is 5.91 Å². The van der Waals surface area contributed by atoms with Gasteiger partial charge in [-0.25, -0.2) is 0 Å². The average molecular weight is 293 g/mol. The molecule has 108 valence electrons. The molecule has 2 aliphatic rings. The van der Waals surface area contributed by atoms with E-state index in [4.69, 9.17) is 11.6 Å². The quantitative estimate of drug-likeness (QED) is 0.783. The number of rotatable bonds is 2. The van der Waals surface area contributed by atoms with Gasteiger partial charge < -0.3 is 4.90 Å². The molecule has 0 aliphatic carbocycles. The minimum Gasteiger partial charge on any atom is -0.340 e. The second kappa shape index (κ2) is 6.15. The molecule has 2 aliphatic heterocycles. The Hall–Kier alpha value is -1.06. The monoisotopic (exact) mass is 292 g/mol. The number of nitrogens with zero attached hydrogens (tertiary/aromatic N) is 2. The number of hydrogen-bond acceptors (Lipinski definition) is 2. The first-order chi connectivity index (χ1) is 9.75. The summed E-state index contributed by atoms with van der Waals surface area (Å²) in [6.45, 7) is 3.99. The van der Waals surface area contributed by atoms with Gasteiger partial charge in [-0.05, 0) is 31.4 Å². The summed E-state index contributed by atoms with van der Waals surface area (Å²) in [7, 11) is 0.